The summed E-state index contributed by atoms with van der Waals surface area (Å²) < 4.78 is 0. The molecule has 1 aromatic rings. The minimum absolute atomic E-state index is 0.0213. The lowest BCUT2D eigenvalue weighted by Gasteiger charge is -2.31. The number of amides is 1. The second kappa shape index (κ2) is 6.60. The van der Waals surface area contributed by atoms with E-state index in [1.807, 2.05) is 0 Å². The third-order valence-electron chi connectivity index (χ3n) is 4.06. The molecular weight excluding hydrogens is 322 g/mol. The minimum Gasteiger partial charge on any atom is -0.481 e. The minimum atomic E-state index is -1.02. The number of rotatable bonds is 4. The van der Waals surface area contributed by atoms with Gasteiger partial charge in [-0.15, -0.1) is 0 Å². The first-order valence-corrected chi connectivity index (χ1v) is 7.18. The maximum atomic E-state index is 12.6. The normalized spacial score (nSPS) is 17.4. The molecular formula is C14H15N3O7. The summed E-state index contributed by atoms with van der Waals surface area (Å²) in [6.45, 7) is 1.62. The van der Waals surface area contributed by atoms with Crippen LogP contribution in [0.1, 0.15) is 28.8 Å². The first kappa shape index (κ1) is 17.3. The molecule has 0 unspecified atom stereocenters. The highest BCUT2D eigenvalue weighted by Gasteiger charge is 2.32. The Hall–Kier alpha value is -3.04. The van der Waals surface area contributed by atoms with Crippen molar-refractivity contribution in [1.29, 1.82) is 0 Å². The maximum Gasteiger partial charge on any atom is 0.308 e. The van der Waals surface area contributed by atoms with Crippen molar-refractivity contribution in [3.63, 3.8) is 0 Å². The quantitative estimate of drug-likeness (QED) is 0.650. The molecule has 128 valence electrons. The zero-order valence-corrected chi connectivity index (χ0v) is 12.8. The van der Waals surface area contributed by atoms with Crippen molar-refractivity contribution in [2.75, 3.05) is 13.1 Å². The lowest BCUT2D eigenvalue weighted by molar-refractivity contribution is -0.394. The topological polar surface area (TPSA) is 144 Å². The van der Waals surface area contributed by atoms with Crippen molar-refractivity contribution in [2.24, 2.45) is 5.92 Å². The van der Waals surface area contributed by atoms with Gasteiger partial charge in [-0.05, 0) is 19.8 Å². The van der Waals surface area contributed by atoms with Gasteiger partial charge in [0.05, 0.1) is 27.4 Å². The number of hydrogen-bond acceptors (Lipinski definition) is 6. The van der Waals surface area contributed by atoms with Gasteiger partial charge < -0.3 is 10.0 Å². The van der Waals surface area contributed by atoms with E-state index in [1.165, 1.54) is 11.8 Å². The van der Waals surface area contributed by atoms with Crippen LogP contribution in [-0.2, 0) is 4.79 Å². The Morgan fingerprint density at radius 1 is 1.25 bits per heavy atom. The number of piperidine rings is 1. The van der Waals surface area contributed by atoms with Gasteiger partial charge in [-0.25, -0.2) is 0 Å². The number of carboxylic acids is 1. The van der Waals surface area contributed by atoms with Crippen molar-refractivity contribution >= 4 is 23.3 Å². The van der Waals surface area contributed by atoms with Gasteiger partial charge in [-0.2, -0.15) is 0 Å². The van der Waals surface area contributed by atoms with Crippen LogP contribution in [-0.4, -0.2) is 44.8 Å². The summed E-state index contributed by atoms with van der Waals surface area (Å²) >= 11 is 0. The molecule has 1 saturated heterocycles. The molecule has 1 N–H and O–H groups in total. The van der Waals surface area contributed by atoms with E-state index < -0.39 is 39.0 Å². The monoisotopic (exact) mass is 337 g/mol. The highest BCUT2D eigenvalue weighted by Crippen LogP contribution is 2.30. The number of nitro groups is 2. The molecule has 10 heteroatoms. The van der Waals surface area contributed by atoms with Crippen LogP contribution in [0, 0.1) is 33.1 Å². The van der Waals surface area contributed by atoms with Gasteiger partial charge in [0.2, 0.25) is 0 Å². The number of benzene rings is 1. The van der Waals surface area contributed by atoms with E-state index in [2.05, 4.69) is 0 Å². The second-order valence-electron chi connectivity index (χ2n) is 5.58. The van der Waals surface area contributed by atoms with E-state index in [4.69, 9.17) is 5.11 Å². The average Bonchev–Trinajstić information content (AvgIpc) is 2.54. The van der Waals surface area contributed by atoms with E-state index in [0.717, 1.165) is 12.1 Å². The van der Waals surface area contributed by atoms with Crippen LogP contribution in [0.25, 0.3) is 0 Å². The Bertz CT molecular complexity index is 731. The highest BCUT2D eigenvalue weighted by atomic mass is 16.6. The van der Waals surface area contributed by atoms with Crippen LogP contribution >= 0.6 is 0 Å². The van der Waals surface area contributed by atoms with E-state index in [0.29, 0.717) is 19.4 Å². The van der Waals surface area contributed by atoms with Crippen LogP contribution < -0.4 is 0 Å². The molecule has 1 amide bonds. The largest absolute Gasteiger partial charge is 0.481 e. The summed E-state index contributed by atoms with van der Waals surface area (Å²) in [7, 11) is 0. The van der Waals surface area contributed by atoms with Crippen molar-refractivity contribution < 1.29 is 24.5 Å². The molecule has 24 heavy (non-hydrogen) atoms. The zero-order chi connectivity index (χ0) is 18.0. The number of carbonyl (C=O) groups excluding carboxylic acids is 1. The van der Waals surface area contributed by atoms with Crippen molar-refractivity contribution in [2.45, 2.75) is 19.8 Å². The first-order valence-electron chi connectivity index (χ1n) is 7.18. The maximum absolute atomic E-state index is 12.6. The average molecular weight is 337 g/mol. The number of carbonyl (C=O) groups is 2. The number of hydrogen-bond donors (Lipinski definition) is 1. The molecule has 0 aliphatic carbocycles. The Kier molecular flexibility index (Phi) is 4.77. The third kappa shape index (κ3) is 3.31. The molecule has 1 atom stereocenters. The predicted octanol–water partition coefficient (Wildman–Crippen LogP) is 1.75. The molecule has 1 fully saturated rings. The molecule has 1 aromatic carbocycles. The Labute approximate surface area is 136 Å². The molecule has 1 aliphatic rings. The highest BCUT2D eigenvalue weighted by molar-refractivity contribution is 5.97. The lowest BCUT2D eigenvalue weighted by Crippen LogP contribution is -2.42. The van der Waals surface area contributed by atoms with Crippen LogP contribution in [0.4, 0.5) is 11.4 Å². The van der Waals surface area contributed by atoms with Crippen molar-refractivity contribution in [1.82, 2.24) is 4.90 Å². The Balaban J connectivity index is 2.43. The van der Waals surface area contributed by atoms with Gasteiger partial charge in [0.1, 0.15) is 0 Å². The van der Waals surface area contributed by atoms with Gasteiger partial charge in [-0.3, -0.25) is 29.8 Å². The number of non-ortho nitro benzene ring substituents is 1. The Morgan fingerprint density at radius 3 is 2.46 bits per heavy atom. The van der Waals surface area contributed by atoms with E-state index in [1.54, 1.807) is 0 Å². The van der Waals surface area contributed by atoms with Gasteiger partial charge in [0.25, 0.3) is 17.3 Å². The molecule has 1 heterocycles. The summed E-state index contributed by atoms with van der Waals surface area (Å²) in [5, 5.41) is 31.1. The number of nitro benzene ring substituents is 2. The van der Waals surface area contributed by atoms with Crippen LogP contribution in [0.2, 0.25) is 0 Å². The van der Waals surface area contributed by atoms with E-state index in [9.17, 15) is 29.8 Å². The molecule has 2 rings (SSSR count). The molecule has 0 aromatic heterocycles. The fraction of sp³-hybridized carbons (Fsp3) is 0.429. The van der Waals surface area contributed by atoms with Gasteiger partial charge in [0, 0.05) is 24.7 Å². The standard InChI is InChI=1S/C14H15N3O7/c1-8-11(5-10(16(21)22)6-12(8)17(23)24)13(18)15-4-2-3-9(7-15)14(19)20/h5-6,9H,2-4,7H2,1H3,(H,19,20)/t9-/m1/s1. The van der Waals surface area contributed by atoms with Crippen molar-refractivity contribution in [3.05, 3.63) is 43.5 Å². The summed E-state index contributed by atoms with van der Waals surface area (Å²) in [4.78, 5) is 45.4. The number of nitrogens with zero attached hydrogens (tertiary/aromatic N) is 3. The number of likely N-dealkylation sites (tertiary alicyclic amines) is 1. The zero-order valence-electron chi connectivity index (χ0n) is 12.8. The molecule has 0 spiro atoms. The van der Waals surface area contributed by atoms with Crippen LogP contribution in [0.5, 0.6) is 0 Å². The third-order valence-corrected chi connectivity index (χ3v) is 4.06. The second-order valence-corrected chi connectivity index (χ2v) is 5.58. The molecule has 0 bridgehead atoms. The number of carboxylic acid groups (broad SMARTS) is 1. The fourth-order valence-electron chi connectivity index (χ4n) is 2.73. The molecule has 10 nitrogen and oxygen atoms in total. The van der Waals surface area contributed by atoms with Crippen molar-refractivity contribution in [3.8, 4) is 0 Å². The van der Waals surface area contributed by atoms with Crippen LogP contribution in [0.15, 0.2) is 12.1 Å². The van der Waals surface area contributed by atoms with Gasteiger partial charge in [0.15, 0.2) is 0 Å². The van der Waals surface area contributed by atoms with E-state index in [-0.39, 0.29) is 17.7 Å². The number of aliphatic carboxylic acids is 1. The first-order chi connectivity index (χ1) is 11.2. The smallest absolute Gasteiger partial charge is 0.308 e. The molecule has 0 saturated carbocycles. The van der Waals surface area contributed by atoms with E-state index >= 15 is 0 Å². The summed E-state index contributed by atoms with van der Waals surface area (Å²) in [5.41, 5.74) is -1.20. The molecule has 1 aliphatic heterocycles. The summed E-state index contributed by atoms with van der Waals surface area (Å²) in [5.74, 6) is -2.36. The van der Waals surface area contributed by atoms with Gasteiger partial charge >= 0.3 is 5.97 Å². The fourth-order valence-corrected chi connectivity index (χ4v) is 2.73. The molecule has 0 radical (unpaired) electrons. The Morgan fingerprint density at radius 2 is 1.92 bits per heavy atom. The SMILES string of the molecule is Cc1c(C(=O)N2CCC[C@@H](C(=O)O)C2)cc([N+](=O)[O-])cc1[N+](=O)[O-]. The summed E-state index contributed by atoms with van der Waals surface area (Å²) in [6.07, 6.45) is 0.923. The lowest BCUT2D eigenvalue weighted by atomic mass is 9.96. The summed E-state index contributed by atoms with van der Waals surface area (Å²) in [6, 6.07) is 1.80. The van der Waals surface area contributed by atoms with Gasteiger partial charge in [-0.1, -0.05) is 0 Å². The predicted molar refractivity (Wildman–Crippen MR) is 80.8 cm³/mol. The van der Waals surface area contributed by atoms with Crippen LogP contribution in [0.3, 0.4) is 0 Å².